The van der Waals surface area contributed by atoms with E-state index in [1.807, 2.05) is 32.9 Å². The number of likely N-dealkylation sites (tertiary alicyclic amines) is 1. The van der Waals surface area contributed by atoms with Crippen molar-refractivity contribution >= 4 is 44.8 Å². The van der Waals surface area contributed by atoms with Gasteiger partial charge in [0.25, 0.3) is 0 Å². The number of carbonyl (C=O) groups excluding carboxylic acids is 1. The first kappa shape index (κ1) is 23.8. The number of anilines is 1. The van der Waals surface area contributed by atoms with Crippen molar-refractivity contribution in [2.24, 2.45) is 0 Å². The van der Waals surface area contributed by atoms with Crippen LogP contribution in [-0.4, -0.2) is 56.4 Å². The highest BCUT2D eigenvalue weighted by molar-refractivity contribution is 7.91. The second-order valence-electron chi connectivity index (χ2n) is 10.3. The molecular formula is C25H28Cl2N2O4S. The largest absolute Gasteiger partial charge is 0.444 e. The Morgan fingerprint density at radius 3 is 2.59 bits per heavy atom. The summed E-state index contributed by atoms with van der Waals surface area (Å²) in [6.07, 6.45) is 1.00. The fraction of sp³-hybridized carbons (Fsp3) is 0.480. The number of rotatable bonds is 1. The maximum Gasteiger partial charge on any atom is 0.410 e. The maximum atomic E-state index is 13.3. The van der Waals surface area contributed by atoms with Crippen molar-refractivity contribution < 1.29 is 17.9 Å². The molecule has 0 aromatic heterocycles. The monoisotopic (exact) mass is 522 g/mol. The van der Waals surface area contributed by atoms with Crippen LogP contribution < -0.4 is 4.90 Å². The molecule has 1 amide bonds. The van der Waals surface area contributed by atoms with Gasteiger partial charge in [-0.1, -0.05) is 29.3 Å². The number of nitrogens with zero attached hydrogens (tertiary/aromatic N) is 2. The second kappa shape index (κ2) is 8.32. The Hall–Kier alpha value is -1.96. The van der Waals surface area contributed by atoms with E-state index in [4.69, 9.17) is 27.9 Å². The number of carbonyl (C=O) groups is 1. The highest BCUT2D eigenvalue weighted by Crippen LogP contribution is 2.51. The molecule has 0 unspecified atom stereocenters. The van der Waals surface area contributed by atoms with Gasteiger partial charge in [0.05, 0.1) is 16.3 Å². The van der Waals surface area contributed by atoms with E-state index in [-0.39, 0.29) is 23.8 Å². The number of benzene rings is 2. The maximum absolute atomic E-state index is 13.3. The predicted octanol–water partition coefficient (Wildman–Crippen LogP) is 5.75. The summed E-state index contributed by atoms with van der Waals surface area (Å²) in [7, 11) is -3.46. The number of sulfone groups is 1. The third kappa shape index (κ3) is 4.16. The molecule has 1 fully saturated rings. The number of halogens is 2. The Balaban J connectivity index is 1.62. The zero-order chi connectivity index (χ0) is 24.4. The quantitative estimate of drug-likeness (QED) is 0.476. The average Bonchev–Trinajstić information content (AvgIpc) is 2.97. The van der Waals surface area contributed by atoms with Gasteiger partial charge in [0.15, 0.2) is 9.84 Å². The summed E-state index contributed by atoms with van der Waals surface area (Å²) in [5.41, 5.74) is 2.67. The van der Waals surface area contributed by atoms with Crippen LogP contribution in [0.2, 0.25) is 10.0 Å². The van der Waals surface area contributed by atoms with Gasteiger partial charge in [-0.05, 0) is 69.0 Å². The van der Waals surface area contributed by atoms with E-state index in [1.165, 1.54) is 0 Å². The minimum absolute atomic E-state index is 0.00524. The number of piperidine rings is 1. The molecule has 3 heterocycles. The first-order valence-corrected chi connectivity index (χ1v) is 14.0. The van der Waals surface area contributed by atoms with Crippen LogP contribution in [0, 0.1) is 0 Å². The molecule has 0 saturated carbocycles. The van der Waals surface area contributed by atoms with Crippen molar-refractivity contribution in [1.82, 2.24) is 4.90 Å². The number of ether oxygens (including phenoxy) is 1. The van der Waals surface area contributed by atoms with Gasteiger partial charge in [0.1, 0.15) is 5.60 Å². The SMILES string of the molecule is CC(C)(C)OC(=O)N1CC[C@H]2[C@@H](C1)c1cc(-c3ccc(Cl)cc3Cl)cc3c1N2CCCS3(=O)=O. The van der Waals surface area contributed by atoms with Gasteiger partial charge in [-0.25, -0.2) is 13.2 Å². The molecule has 2 aromatic carbocycles. The Morgan fingerprint density at radius 1 is 1.12 bits per heavy atom. The number of hydrogen-bond acceptors (Lipinski definition) is 5. The Kier molecular flexibility index (Phi) is 5.81. The zero-order valence-electron chi connectivity index (χ0n) is 19.5. The Morgan fingerprint density at radius 2 is 1.88 bits per heavy atom. The van der Waals surface area contributed by atoms with E-state index in [0.717, 1.165) is 28.8 Å². The molecule has 6 nitrogen and oxygen atoms in total. The first-order valence-electron chi connectivity index (χ1n) is 11.6. The van der Waals surface area contributed by atoms with Crippen LogP contribution in [0.25, 0.3) is 11.1 Å². The highest BCUT2D eigenvalue weighted by Gasteiger charge is 2.47. The molecule has 0 bridgehead atoms. The fourth-order valence-corrected chi connectivity index (χ4v) is 7.51. The fourth-order valence-electron chi connectivity index (χ4n) is 5.42. The van der Waals surface area contributed by atoms with Crippen LogP contribution >= 0.6 is 23.2 Å². The van der Waals surface area contributed by atoms with Gasteiger partial charge < -0.3 is 14.5 Å². The summed E-state index contributed by atoms with van der Waals surface area (Å²) >= 11 is 12.6. The Bertz CT molecular complexity index is 1270. The topological polar surface area (TPSA) is 66.9 Å². The van der Waals surface area contributed by atoms with Crippen molar-refractivity contribution in [3.05, 3.63) is 45.9 Å². The van der Waals surface area contributed by atoms with Gasteiger partial charge in [-0.3, -0.25) is 0 Å². The lowest BCUT2D eigenvalue weighted by Gasteiger charge is -2.39. The third-order valence-corrected chi connectivity index (χ3v) is 9.16. The molecule has 3 aliphatic rings. The minimum atomic E-state index is -3.46. The van der Waals surface area contributed by atoms with Crippen LogP contribution in [0.1, 0.15) is 45.1 Å². The highest BCUT2D eigenvalue weighted by atomic mass is 35.5. The van der Waals surface area contributed by atoms with E-state index in [0.29, 0.717) is 41.0 Å². The smallest absolute Gasteiger partial charge is 0.410 e. The first-order chi connectivity index (χ1) is 15.9. The number of hydrogen-bond donors (Lipinski definition) is 0. The minimum Gasteiger partial charge on any atom is -0.444 e. The number of amides is 1. The predicted molar refractivity (Wildman–Crippen MR) is 135 cm³/mol. The molecule has 0 N–H and O–H groups in total. The molecular weight excluding hydrogens is 495 g/mol. The van der Waals surface area contributed by atoms with Crippen LogP contribution in [0.15, 0.2) is 35.2 Å². The van der Waals surface area contributed by atoms with E-state index < -0.39 is 15.4 Å². The molecule has 0 spiro atoms. The lowest BCUT2D eigenvalue weighted by Crippen LogP contribution is -2.49. The standard InChI is InChI=1S/C25H28Cl2N2O4S/c1-25(2,3)33-24(30)28-9-7-21-19(14-28)18-11-15(17-6-5-16(26)13-20(17)27)12-22-23(18)29(21)8-4-10-34(22,31)32/h5-6,11-13,19,21H,4,7-10,14H2,1-3H3/t19-,21-/m0/s1. The summed E-state index contributed by atoms with van der Waals surface area (Å²) in [5, 5.41) is 0.989. The van der Waals surface area contributed by atoms with E-state index in [9.17, 15) is 13.2 Å². The number of fused-ring (bicyclic) bond motifs is 3. The zero-order valence-corrected chi connectivity index (χ0v) is 21.8. The van der Waals surface area contributed by atoms with Crippen molar-refractivity contribution in [3.63, 3.8) is 0 Å². The lowest BCUT2D eigenvalue weighted by atomic mass is 9.88. The normalized spacial score (nSPS) is 23.2. The van der Waals surface area contributed by atoms with E-state index in [1.54, 1.807) is 23.1 Å². The summed E-state index contributed by atoms with van der Waals surface area (Å²) in [4.78, 5) is 17.2. The van der Waals surface area contributed by atoms with Crippen molar-refractivity contribution in [1.29, 1.82) is 0 Å². The third-order valence-electron chi connectivity index (χ3n) is 6.81. The molecule has 3 aliphatic heterocycles. The molecule has 0 aliphatic carbocycles. The molecule has 9 heteroatoms. The van der Waals surface area contributed by atoms with Crippen molar-refractivity contribution in [2.75, 3.05) is 30.3 Å². The molecule has 2 atom stereocenters. The molecule has 182 valence electrons. The molecule has 1 saturated heterocycles. The summed E-state index contributed by atoms with van der Waals surface area (Å²) in [6, 6.07) is 9.19. The van der Waals surface area contributed by atoms with E-state index in [2.05, 4.69) is 4.90 Å². The molecule has 0 radical (unpaired) electrons. The van der Waals surface area contributed by atoms with Crippen molar-refractivity contribution in [3.8, 4) is 11.1 Å². The molecule has 2 aromatic rings. The molecule has 34 heavy (non-hydrogen) atoms. The van der Waals surface area contributed by atoms with Crippen LogP contribution in [0.3, 0.4) is 0 Å². The second-order valence-corrected chi connectivity index (χ2v) is 13.2. The lowest BCUT2D eigenvalue weighted by molar-refractivity contribution is 0.0189. The van der Waals surface area contributed by atoms with E-state index >= 15 is 0 Å². The summed E-state index contributed by atoms with van der Waals surface area (Å²) < 4.78 is 32.2. The van der Waals surface area contributed by atoms with Crippen LogP contribution in [-0.2, 0) is 14.6 Å². The Labute approximate surface area is 210 Å². The average molecular weight is 523 g/mol. The van der Waals surface area contributed by atoms with Crippen LogP contribution in [0.4, 0.5) is 10.5 Å². The summed E-state index contributed by atoms with van der Waals surface area (Å²) in [6.45, 7) is 7.33. The van der Waals surface area contributed by atoms with Gasteiger partial charge in [-0.2, -0.15) is 0 Å². The van der Waals surface area contributed by atoms with Gasteiger partial charge in [0, 0.05) is 47.2 Å². The molecule has 5 rings (SSSR count). The van der Waals surface area contributed by atoms with Gasteiger partial charge >= 0.3 is 6.09 Å². The van der Waals surface area contributed by atoms with Gasteiger partial charge in [-0.15, -0.1) is 0 Å². The summed E-state index contributed by atoms with van der Waals surface area (Å²) in [5.74, 6) is 0.115. The van der Waals surface area contributed by atoms with Gasteiger partial charge in [0.2, 0.25) is 0 Å². The van der Waals surface area contributed by atoms with Crippen LogP contribution in [0.5, 0.6) is 0 Å². The van der Waals surface area contributed by atoms with Crippen molar-refractivity contribution in [2.45, 2.75) is 56.1 Å².